The highest BCUT2D eigenvalue weighted by Gasteiger charge is 2.53. The van der Waals surface area contributed by atoms with Crippen LogP contribution in [0.5, 0.6) is 0 Å². The summed E-state index contributed by atoms with van der Waals surface area (Å²) >= 11 is 0. The van der Waals surface area contributed by atoms with Crippen molar-refractivity contribution in [2.75, 3.05) is 26.4 Å². The number of nitrogens with one attached hydrogen (secondary N) is 1. The summed E-state index contributed by atoms with van der Waals surface area (Å²) in [7, 11) is 0. The summed E-state index contributed by atoms with van der Waals surface area (Å²) in [6, 6.07) is -0.966. The fraction of sp³-hybridized carbons (Fsp3) is 0.952. The van der Waals surface area contributed by atoms with E-state index in [1.165, 1.54) is 180 Å². The average molecular weight is 1180 g/mol. The molecule has 3 aliphatic rings. The van der Waals surface area contributed by atoms with Crippen LogP contribution in [0.4, 0.5) is 0 Å². The maximum Gasteiger partial charge on any atom is 0.220 e. The first-order valence-electron chi connectivity index (χ1n) is 32.9. The fourth-order valence-corrected chi connectivity index (χ4v) is 11.4. The van der Waals surface area contributed by atoms with Gasteiger partial charge in [0.2, 0.25) is 5.91 Å². The van der Waals surface area contributed by atoms with E-state index in [1.54, 1.807) is 6.08 Å². The smallest absolute Gasteiger partial charge is 0.220 e. The minimum absolute atomic E-state index is 0.249. The average Bonchev–Trinajstić information content (AvgIpc) is 3.65. The first-order valence-corrected chi connectivity index (χ1v) is 32.9. The van der Waals surface area contributed by atoms with Gasteiger partial charge >= 0.3 is 0 Å². The van der Waals surface area contributed by atoms with Crippen molar-refractivity contribution in [3.05, 3.63) is 12.2 Å². The molecule has 3 rings (SSSR count). The molecule has 17 unspecified atom stereocenters. The second kappa shape index (κ2) is 46.7. The topological polar surface area (TPSA) is 307 Å². The normalized spacial score (nSPS) is 29.6. The van der Waals surface area contributed by atoms with Crippen molar-refractivity contribution in [3.63, 3.8) is 0 Å². The van der Waals surface area contributed by atoms with Crippen molar-refractivity contribution in [1.29, 1.82) is 0 Å². The van der Waals surface area contributed by atoms with E-state index in [9.17, 15) is 61.0 Å². The van der Waals surface area contributed by atoms with Gasteiger partial charge in [0.25, 0.3) is 0 Å². The van der Waals surface area contributed by atoms with Crippen molar-refractivity contribution in [3.8, 4) is 0 Å². The number of hydrogen-bond donors (Lipinski definition) is 12. The lowest BCUT2D eigenvalue weighted by Gasteiger charge is -2.48. The second-order valence-electron chi connectivity index (χ2n) is 23.9. The van der Waals surface area contributed by atoms with Gasteiger partial charge in [0.05, 0.1) is 38.6 Å². The maximum absolute atomic E-state index is 13.3. The third kappa shape index (κ3) is 29.5. The summed E-state index contributed by atoms with van der Waals surface area (Å²) in [4.78, 5) is 13.3. The highest BCUT2D eigenvalue weighted by atomic mass is 16.8. The summed E-state index contributed by atoms with van der Waals surface area (Å²) in [6.07, 6.45) is 22.2. The van der Waals surface area contributed by atoms with Gasteiger partial charge in [-0.1, -0.05) is 238 Å². The van der Waals surface area contributed by atoms with Crippen molar-refractivity contribution < 1.29 is 89.4 Å². The van der Waals surface area contributed by atoms with E-state index >= 15 is 0 Å². The molecular formula is C63H119NO18. The summed E-state index contributed by atoms with van der Waals surface area (Å²) in [5.74, 6) is -0.272. The molecule has 3 aliphatic heterocycles. The van der Waals surface area contributed by atoms with Crippen LogP contribution in [0.2, 0.25) is 0 Å². The largest absolute Gasteiger partial charge is 0.394 e. The van der Waals surface area contributed by atoms with Crippen LogP contribution in [0.25, 0.3) is 0 Å². The lowest BCUT2D eigenvalue weighted by atomic mass is 9.96. The number of hydrogen-bond acceptors (Lipinski definition) is 18. The van der Waals surface area contributed by atoms with E-state index in [4.69, 9.17) is 28.4 Å². The Kier molecular flexibility index (Phi) is 42.5. The number of allylic oxidation sites excluding steroid dienone is 1. The molecule has 0 aromatic heterocycles. The van der Waals surface area contributed by atoms with E-state index in [0.29, 0.717) is 6.42 Å². The van der Waals surface area contributed by atoms with Crippen molar-refractivity contribution in [2.45, 2.75) is 356 Å². The number of ether oxygens (including phenoxy) is 6. The van der Waals surface area contributed by atoms with Crippen LogP contribution in [0, 0.1) is 0 Å². The Bertz CT molecular complexity index is 1550. The van der Waals surface area contributed by atoms with Gasteiger partial charge in [0.1, 0.15) is 73.2 Å². The highest BCUT2D eigenvalue weighted by Crippen LogP contribution is 2.33. The summed E-state index contributed by atoms with van der Waals surface area (Å²) < 4.78 is 34.2. The van der Waals surface area contributed by atoms with E-state index in [1.807, 2.05) is 6.08 Å². The number of carbonyl (C=O) groups excluding carboxylic acids is 1. The molecule has 3 heterocycles. The third-order valence-electron chi connectivity index (χ3n) is 16.8. The standard InChI is InChI=1S/C63H119NO18/c1-3-5-7-9-11-13-15-16-17-18-19-20-21-22-23-24-25-26-27-28-29-30-31-33-35-37-39-41-51(69)64-46(47(68)40-38-36-34-32-14-12-10-8-6-4-2)45-77-61-57(75)54(72)59(49(43-66)79-61)82-63-58(76)55(73)60(50(44-67)80-63)81-62-56(74)53(71)52(70)48(42-65)78-62/h38,40,46-50,52-63,65-68,70-76H,3-37,39,41-45H2,1-2H3,(H,64,69)/b40-38+. The quantitative estimate of drug-likeness (QED) is 0.0210. The highest BCUT2D eigenvalue weighted by molar-refractivity contribution is 5.76. The van der Waals surface area contributed by atoms with Crippen LogP contribution < -0.4 is 5.32 Å². The second-order valence-corrected chi connectivity index (χ2v) is 23.9. The number of unbranched alkanes of at least 4 members (excludes halogenated alkanes) is 34. The monoisotopic (exact) mass is 1180 g/mol. The van der Waals surface area contributed by atoms with E-state index in [0.717, 1.165) is 44.9 Å². The predicted molar refractivity (Wildman–Crippen MR) is 314 cm³/mol. The lowest BCUT2D eigenvalue weighted by Crippen LogP contribution is -2.66. The molecule has 3 saturated heterocycles. The lowest BCUT2D eigenvalue weighted by molar-refractivity contribution is -0.379. The Morgan fingerprint density at radius 1 is 0.427 bits per heavy atom. The number of aliphatic hydroxyl groups excluding tert-OH is 11. The van der Waals surface area contributed by atoms with Gasteiger partial charge in [0, 0.05) is 6.42 Å². The number of aliphatic hydroxyl groups is 11. The molecule has 1 amide bonds. The molecule has 12 N–H and O–H groups in total. The molecule has 0 aromatic rings. The van der Waals surface area contributed by atoms with Gasteiger partial charge in [-0.25, -0.2) is 0 Å². The zero-order valence-corrected chi connectivity index (χ0v) is 50.7. The Balaban J connectivity index is 1.38. The summed E-state index contributed by atoms with van der Waals surface area (Å²) in [5, 5.41) is 120. The maximum atomic E-state index is 13.3. The molecule has 0 spiro atoms. The predicted octanol–water partition coefficient (Wildman–Crippen LogP) is 7.33. The summed E-state index contributed by atoms with van der Waals surface area (Å²) in [5.41, 5.74) is 0. The molecule has 82 heavy (non-hydrogen) atoms. The van der Waals surface area contributed by atoms with Gasteiger partial charge in [-0.2, -0.15) is 0 Å². The molecule has 0 saturated carbocycles. The van der Waals surface area contributed by atoms with Crippen molar-refractivity contribution in [1.82, 2.24) is 5.32 Å². The molecule has 0 bridgehead atoms. The van der Waals surface area contributed by atoms with Crippen LogP contribution in [-0.4, -0.2) is 193 Å². The van der Waals surface area contributed by atoms with Crippen LogP contribution in [0.3, 0.4) is 0 Å². The van der Waals surface area contributed by atoms with Gasteiger partial charge in [-0.3, -0.25) is 4.79 Å². The van der Waals surface area contributed by atoms with Gasteiger partial charge in [-0.05, 0) is 19.3 Å². The first-order chi connectivity index (χ1) is 39.8. The van der Waals surface area contributed by atoms with Gasteiger partial charge < -0.3 is 89.9 Å². The Morgan fingerprint density at radius 2 is 0.756 bits per heavy atom. The van der Waals surface area contributed by atoms with Crippen LogP contribution in [0.1, 0.15) is 251 Å². The molecule has 17 atom stereocenters. The van der Waals surface area contributed by atoms with E-state index < -0.39 is 124 Å². The molecule has 0 aromatic carbocycles. The van der Waals surface area contributed by atoms with Gasteiger partial charge in [0.15, 0.2) is 18.9 Å². The Labute approximate surface area is 493 Å². The number of rotatable bonds is 50. The molecule has 0 aliphatic carbocycles. The molecule has 3 fully saturated rings. The van der Waals surface area contributed by atoms with Crippen LogP contribution >= 0.6 is 0 Å². The fourth-order valence-electron chi connectivity index (χ4n) is 11.4. The minimum Gasteiger partial charge on any atom is -0.394 e. The molecule has 0 radical (unpaired) electrons. The zero-order chi connectivity index (χ0) is 59.7. The van der Waals surface area contributed by atoms with Crippen LogP contribution in [-0.2, 0) is 33.2 Å². The molecule has 19 nitrogen and oxygen atoms in total. The van der Waals surface area contributed by atoms with Crippen molar-refractivity contribution >= 4 is 5.91 Å². The minimum atomic E-state index is -1.97. The zero-order valence-electron chi connectivity index (χ0n) is 50.7. The SMILES string of the molecule is CCCCCCCCCC/C=C/C(O)C(COC1OC(CO)C(OC2OC(CO)C(OC3OC(CO)C(O)C(O)C3O)C(O)C2O)C(O)C1O)NC(=O)CCCCCCCCCCCCCCCCCCCCCCCCCCCCC. The molecular weight excluding hydrogens is 1060 g/mol. The van der Waals surface area contributed by atoms with E-state index in [2.05, 4.69) is 19.2 Å². The number of carbonyl (C=O) groups is 1. The molecule has 484 valence electrons. The van der Waals surface area contributed by atoms with Gasteiger partial charge in [-0.15, -0.1) is 0 Å². The van der Waals surface area contributed by atoms with Crippen molar-refractivity contribution in [2.24, 2.45) is 0 Å². The third-order valence-corrected chi connectivity index (χ3v) is 16.8. The summed E-state index contributed by atoms with van der Waals surface area (Å²) in [6.45, 7) is 1.72. The molecule has 19 heteroatoms. The Morgan fingerprint density at radius 3 is 1.15 bits per heavy atom. The van der Waals surface area contributed by atoms with E-state index in [-0.39, 0.29) is 18.9 Å². The Hall–Kier alpha value is -1.47. The number of amides is 1. The van der Waals surface area contributed by atoms with Crippen LogP contribution in [0.15, 0.2) is 12.2 Å². The first kappa shape index (κ1) is 74.8.